The lowest BCUT2D eigenvalue weighted by molar-refractivity contribution is 0.410. The summed E-state index contributed by atoms with van der Waals surface area (Å²) in [5.41, 5.74) is 1.89. The van der Waals surface area contributed by atoms with Gasteiger partial charge >= 0.3 is 0 Å². The molecule has 20 heavy (non-hydrogen) atoms. The van der Waals surface area contributed by atoms with Crippen LogP contribution in [0.3, 0.4) is 0 Å². The van der Waals surface area contributed by atoms with E-state index in [-0.39, 0.29) is 0 Å². The normalized spacial score (nSPS) is 11.8. The molecule has 3 nitrogen and oxygen atoms in total. The molecule has 0 N–H and O–H groups in total. The van der Waals surface area contributed by atoms with Crippen molar-refractivity contribution < 1.29 is 4.52 Å². The molecule has 0 radical (unpaired) electrons. The fourth-order valence-corrected chi connectivity index (χ4v) is 2.70. The number of thiophene rings is 1. The summed E-state index contributed by atoms with van der Waals surface area (Å²) in [5, 5.41) is 8.26. The number of aromatic nitrogens is 2. The van der Waals surface area contributed by atoms with E-state index in [2.05, 4.69) is 26.1 Å². The minimum absolute atomic E-state index is 0.316. The maximum Gasteiger partial charge on any atom is 0.269 e. The Kier molecular flexibility index (Phi) is 4.00. The summed E-state index contributed by atoms with van der Waals surface area (Å²) in [7, 11) is 0. The second kappa shape index (κ2) is 5.91. The first-order chi connectivity index (χ1) is 9.72. The van der Waals surface area contributed by atoms with Crippen LogP contribution in [0, 0.1) is 0 Å². The lowest BCUT2D eigenvalue weighted by atomic mass is 10.2. The van der Waals surface area contributed by atoms with Crippen LogP contribution in [-0.2, 0) is 0 Å². The van der Waals surface area contributed by atoms with E-state index in [0.29, 0.717) is 16.7 Å². The van der Waals surface area contributed by atoms with E-state index in [0.717, 1.165) is 15.6 Å². The Hall–Kier alpha value is -1.43. The van der Waals surface area contributed by atoms with Gasteiger partial charge in [-0.05, 0) is 35.2 Å². The average Bonchev–Trinajstić information content (AvgIpc) is 3.11. The van der Waals surface area contributed by atoms with Crippen LogP contribution in [0.5, 0.6) is 0 Å². The first-order valence-corrected chi connectivity index (χ1v) is 7.83. The van der Waals surface area contributed by atoms with E-state index in [4.69, 9.17) is 16.1 Å². The summed E-state index contributed by atoms with van der Waals surface area (Å²) >= 11 is 11.2. The molecule has 0 spiro atoms. The highest BCUT2D eigenvalue weighted by atomic mass is 79.9. The molecule has 3 aromatic rings. The predicted octanol–water partition coefficient (Wildman–Crippen LogP) is 5.30. The van der Waals surface area contributed by atoms with Crippen LogP contribution in [0.2, 0.25) is 0 Å². The third-order valence-electron chi connectivity index (χ3n) is 2.57. The van der Waals surface area contributed by atoms with Crippen molar-refractivity contribution in [3.8, 4) is 11.4 Å². The summed E-state index contributed by atoms with van der Waals surface area (Å²) in [6.45, 7) is 0. The zero-order valence-corrected chi connectivity index (χ0v) is 13.2. The van der Waals surface area contributed by atoms with Gasteiger partial charge in [-0.3, -0.25) is 0 Å². The number of hydrogen-bond donors (Lipinski definition) is 0. The zero-order valence-electron chi connectivity index (χ0n) is 10.1. The second-order valence-electron chi connectivity index (χ2n) is 3.98. The van der Waals surface area contributed by atoms with E-state index < -0.39 is 0 Å². The number of hydrogen-bond acceptors (Lipinski definition) is 4. The quantitative estimate of drug-likeness (QED) is 0.630. The maximum absolute atomic E-state index is 6.21. The molecule has 6 heteroatoms. The predicted molar refractivity (Wildman–Crippen MR) is 85.5 cm³/mol. The van der Waals surface area contributed by atoms with Crippen molar-refractivity contribution in [3.63, 3.8) is 0 Å². The molecule has 0 saturated heterocycles. The first-order valence-electron chi connectivity index (χ1n) is 5.72. The molecule has 0 bridgehead atoms. The molecule has 0 aliphatic heterocycles. The maximum atomic E-state index is 6.21. The highest BCUT2D eigenvalue weighted by molar-refractivity contribution is 9.10. The van der Waals surface area contributed by atoms with Gasteiger partial charge in [-0.25, -0.2) is 0 Å². The Labute approximate surface area is 133 Å². The fraction of sp³-hybridized carbons (Fsp3) is 0. The molecule has 2 heterocycles. The zero-order chi connectivity index (χ0) is 13.9. The number of nitrogens with zero attached hydrogens (tertiary/aromatic N) is 2. The number of halogens is 2. The minimum atomic E-state index is 0.316. The van der Waals surface area contributed by atoms with Gasteiger partial charge in [0.25, 0.3) is 5.89 Å². The van der Waals surface area contributed by atoms with E-state index in [9.17, 15) is 0 Å². The van der Waals surface area contributed by atoms with Crippen LogP contribution in [0.15, 0.2) is 50.1 Å². The van der Waals surface area contributed by atoms with E-state index in [1.165, 1.54) is 0 Å². The molecule has 3 rings (SSSR count). The van der Waals surface area contributed by atoms with Crippen LogP contribution in [0.25, 0.3) is 22.5 Å². The molecule has 0 aliphatic carbocycles. The molecule has 0 amide bonds. The Morgan fingerprint density at radius 1 is 1.25 bits per heavy atom. The van der Waals surface area contributed by atoms with Crippen molar-refractivity contribution >= 4 is 50.0 Å². The SMILES string of the molecule is Cl/C(=C/c1ccc(Br)cc1)c1nc(-c2ccsc2)no1. The van der Waals surface area contributed by atoms with Crippen LogP contribution in [0.4, 0.5) is 0 Å². The third-order valence-corrected chi connectivity index (χ3v) is 4.06. The highest BCUT2D eigenvalue weighted by Crippen LogP contribution is 2.25. The van der Waals surface area contributed by atoms with Crippen LogP contribution >= 0.6 is 38.9 Å². The molecule has 0 saturated carbocycles. The first kappa shape index (κ1) is 13.5. The molecule has 2 aromatic heterocycles. The summed E-state index contributed by atoms with van der Waals surface area (Å²) < 4.78 is 6.20. The second-order valence-corrected chi connectivity index (χ2v) is 6.08. The van der Waals surface area contributed by atoms with Gasteiger partial charge < -0.3 is 4.52 Å². The summed E-state index contributed by atoms with van der Waals surface area (Å²) in [6.07, 6.45) is 1.79. The average molecular weight is 368 g/mol. The van der Waals surface area contributed by atoms with Crippen LogP contribution < -0.4 is 0 Å². The molecule has 1 aromatic carbocycles. The number of benzene rings is 1. The van der Waals surface area contributed by atoms with Gasteiger partial charge in [0, 0.05) is 15.4 Å². The van der Waals surface area contributed by atoms with Gasteiger partial charge in [0.05, 0.1) is 0 Å². The Balaban J connectivity index is 1.87. The Bertz CT molecular complexity index is 735. The lowest BCUT2D eigenvalue weighted by Crippen LogP contribution is -1.79. The molecule has 0 fully saturated rings. The van der Waals surface area contributed by atoms with Crippen molar-refractivity contribution in [2.45, 2.75) is 0 Å². The van der Waals surface area contributed by atoms with Gasteiger partial charge in [0.15, 0.2) is 0 Å². The van der Waals surface area contributed by atoms with Crippen molar-refractivity contribution in [3.05, 3.63) is 57.0 Å². The van der Waals surface area contributed by atoms with Crippen molar-refractivity contribution in [1.82, 2.24) is 10.1 Å². The van der Waals surface area contributed by atoms with Gasteiger partial charge in [-0.2, -0.15) is 16.3 Å². The van der Waals surface area contributed by atoms with Gasteiger partial charge in [-0.1, -0.05) is 44.8 Å². The van der Waals surface area contributed by atoms with Crippen LogP contribution in [0.1, 0.15) is 11.5 Å². The van der Waals surface area contributed by atoms with Gasteiger partial charge in [0.1, 0.15) is 5.03 Å². The summed E-state index contributed by atoms with van der Waals surface area (Å²) in [4.78, 5) is 4.29. The molecular formula is C14H8BrClN2OS. The molecular weight excluding hydrogens is 360 g/mol. The standard InChI is InChI=1S/C14H8BrClN2OS/c15-11-3-1-9(2-4-11)7-12(16)14-17-13(18-19-14)10-5-6-20-8-10/h1-8H/b12-7+. The van der Waals surface area contributed by atoms with Gasteiger partial charge in [-0.15, -0.1) is 0 Å². The lowest BCUT2D eigenvalue weighted by Gasteiger charge is -1.95. The third kappa shape index (κ3) is 3.00. The summed E-state index contributed by atoms with van der Waals surface area (Å²) in [6, 6.07) is 9.72. The minimum Gasteiger partial charge on any atom is -0.333 e. The Morgan fingerprint density at radius 3 is 2.75 bits per heavy atom. The van der Waals surface area contributed by atoms with Crippen molar-refractivity contribution in [2.75, 3.05) is 0 Å². The molecule has 0 unspecified atom stereocenters. The topological polar surface area (TPSA) is 38.9 Å². The van der Waals surface area contributed by atoms with Crippen molar-refractivity contribution in [1.29, 1.82) is 0 Å². The van der Waals surface area contributed by atoms with E-state index in [1.54, 1.807) is 17.4 Å². The summed E-state index contributed by atoms with van der Waals surface area (Å²) in [5.74, 6) is 0.861. The molecule has 0 atom stereocenters. The molecule has 100 valence electrons. The van der Waals surface area contributed by atoms with E-state index >= 15 is 0 Å². The van der Waals surface area contributed by atoms with E-state index in [1.807, 2.05) is 41.1 Å². The van der Waals surface area contributed by atoms with Crippen molar-refractivity contribution in [2.24, 2.45) is 0 Å². The number of rotatable bonds is 3. The highest BCUT2D eigenvalue weighted by Gasteiger charge is 2.11. The van der Waals surface area contributed by atoms with Gasteiger partial charge in [0.2, 0.25) is 5.82 Å². The smallest absolute Gasteiger partial charge is 0.269 e. The fourth-order valence-electron chi connectivity index (χ4n) is 1.60. The molecule has 0 aliphatic rings. The monoisotopic (exact) mass is 366 g/mol. The largest absolute Gasteiger partial charge is 0.333 e. The van der Waals surface area contributed by atoms with Crippen LogP contribution in [-0.4, -0.2) is 10.1 Å². The Morgan fingerprint density at radius 2 is 2.05 bits per heavy atom.